The maximum atomic E-state index is 10.8. The predicted molar refractivity (Wildman–Crippen MR) is 112 cm³/mol. The first kappa shape index (κ1) is 20.5. The van der Waals surface area contributed by atoms with Crippen LogP contribution in [0.2, 0.25) is 0 Å². The Bertz CT molecular complexity index is 847. The zero-order valence-electron chi connectivity index (χ0n) is 16.5. The first-order valence-corrected chi connectivity index (χ1v) is 9.04. The number of hydrogen-bond donors (Lipinski definition) is 1. The average molecular weight is 361 g/mol. The van der Waals surface area contributed by atoms with E-state index in [0.717, 1.165) is 16.7 Å². The molecule has 0 aliphatic heterocycles. The minimum Gasteiger partial charge on any atom is -0.480 e. The Labute approximate surface area is 162 Å². The Balaban J connectivity index is 2.25. The van der Waals surface area contributed by atoms with E-state index in [1.807, 2.05) is 48.5 Å². The van der Waals surface area contributed by atoms with Gasteiger partial charge in [0.05, 0.1) is 6.54 Å². The molecule has 0 unspecified atom stereocenters. The van der Waals surface area contributed by atoms with E-state index in [0.29, 0.717) is 6.54 Å². The molecule has 0 amide bonds. The Kier molecular flexibility index (Phi) is 6.98. The second kappa shape index (κ2) is 9.21. The lowest BCUT2D eigenvalue weighted by Crippen LogP contribution is -2.25. The van der Waals surface area contributed by atoms with Crippen molar-refractivity contribution in [2.45, 2.75) is 26.2 Å². The fourth-order valence-corrected chi connectivity index (χ4v) is 2.59. The molecule has 3 heteroatoms. The minimum absolute atomic E-state index is 0.000262. The Hall–Kier alpha value is -2.83. The van der Waals surface area contributed by atoms with Crippen molar-refractivity contribution in [1.29, 1.82) is 0 Å². The van der Waals surface area contributed by atoms with Gasteiger partial charge in [0, 0.05) is 17.7 Å². The van der Waals surface area contributed by atoms with Gasteiger partial charge in [-0.25, -0.2) is 0 Å². The zero-order chi connectivity index (χ0) is 19.9. The average Bonchev–Trinajstić information content (AvgIpc) is 2.61. The highest BCUT2D eigenvalue weighted by Gasteiger charge is 2.12. The van der Waals surface area contributed by atoms with Crippen molar-refractivity contribution in [2.24, 2.45) is 0 Å². The zero-order valence-corrected chi connectivity index (χ0v) is 16.5. The molecule has 0 atom stereocenters. The van der Waals surface area contributed by atoms with Crippen LogP contribution in [0.15, 0.2) is 60.7 Å². The lowest BCUT2D eigenvalue weighted by molar-refractivity contribution is -0.137. The van der Waals surface area contributed by atoms with E-state index < -0.39 is 5.97 Å². The molecule has 0 aliphatic rings. The molecule has 0 heterocycles. The number of nitrogens with zero attached hydrogens (tertiary/aromatic N) is 1. The maximum Gasteiger partial charge on any atom is 0.317 e. The molecule has 2 rings (SSSR count). The lowest BCUT2D eigenvalue weighted by Gasteiger charge is -2.18. The molecule has 0 fully saturated rings. The molecule has 1 N–H and O–H groups in total. The molecule has 0 aliphatic carbocycles. The number of carboxylic acid groups (broad SMARTS) is 1. The first-order valence-electron chi connectivity index (χ1n) is 9.04. The van der Waals surface area contributed by atoms with Crippen LogP contribution < -0.4 is 0 Å². The summed E-state index contributed by atoms with van der Waals surface area (Å²) in [5, 5.41) is 8.91. The second-order valence-corrected chi connectivity index (χ2v) is 7.65. The normalized spacial score (nSPS) is 11.8. The van der Waals surface area contributed by atoms with E-state index >= 15 is 0 Å². The van der Waals surface area contributed by atoms with Crippen molar-refractivity contribution in [1.82, 2.24) is 4.90 Å². The SMILES string of the molecule is CN(CC=C(C#Cc1ccc(C(C)(C)C)cc1)c1ccccc1)CC(=O)O. The van der Waals surface area contributed by atoms with Gasteiger partial charge in [-0.05, 0) is 35.7 Å². The molecule has 2 aromatic carbocycles. The van der Waals surface area contributed by atoms with Crippen LogP contribution >= 0.6 is 0 Å². The van der Waals surface area contributed by atoms with Gasteiger partial charge in [0.15, 0.2) is 0 Å². The van der Waals surface area contributed by atoms with Crippen LogP contribution in [0.5, 0.6) is 0 Å². The summed E-state index contributed by atoms with van der Waals surface area (Å²) in [4.78, 5) is 12.6. The van der Waals surface area contributed by atoms with Gasteiger partial charge in [0.25, 0.3) is 0 Å². The summed E-state index contributed by atoms with van der Waals surface area (Å²) in [7, 11) is 1.78. The topological polar surface area (TPSA) is 40.5 Å². The van der Waals surface area contributed by atoms with Crippen molar-refractivity contribution in [3.05, 3.63) is 77.4 Å². The Morgan fingerprint density at radius 2 is 1.70 bits per heavy atom. The lowest BCUT2D eigenvalue weighted by atomic mass is 9.87. The molecule has 0 radical (unpaired) electrons. The van der Waals surface area contributed by atoms with Crippen LogP contribution in [0.3, 0.4) is 0 Å². The van der Waals surface area contributed by atoms with Gasteiger partial charge in [-0.15, -0.1) is 0 Å². The van der Waals surface area contributed by atoms with E-state index in [2.05, 4.69) is 44.7 Å². The molecule has 0 bridgehead atoms. The number of allylic oxidation sites excluding steroid dienone is 1. The van der Waals surface area contributed by atoms with Gasteiger partial charge in [0.1, 0.15) is 0 Å². The number of carbonyl (C=O) groups is 1. The van der Waals surface area contributed by atoms with Crippen molar-refractivity contribution >= 4 is 11.5 Å². The largest absolute Gasteiger partial charge is 0.480 e. The highest BCUT2D eigenvalue weighted by molar-refractivity contribution is 5.79. The van der Waals surface area contributed by atoms with Crippen LogP contribution in [0, 0.1) is 11.8 Å². The van der Waals surface area contributed by atoms with E-state index in [-0.39, 0.29) is 12.0 Å². The summed E-state index contributed by atoms with van der Waals surface area (Å²) < 4.78 is 0. The predicted octanol–water partition coefficient (Wildman–Crippen LogP) is 4.44. The van der Waals surface area contributed by atoms with Crippen LogP contribution in [0.4, 0.5) is 0 Å². The quantitative estimate of drug-likeness (QED) is 0.801. The highest BCUT2D eigenvalue weighted by Crippen LogP contribution is 2.22. The van der Waals surface area contributed by atoms with Crippen LogP contribution in [0.25, 0.3) is 5.57 Å². The van der Waals surface area contributed by atoms with Gasteiger partial charge in [-0.3, -0.25) is 9.69 Å². The Morgan fingerprint density at radius 3 is 2.26 bits per heavy atom. The number of carboxylic acids is 1. The third kappa shape index (κ3) is 6.77. The molecular weight excluding hydrogens is 334 g/mol. The summed E-state index contributed by atoms with van der Waals surface area (Å²) in [6.07, 6.45) is 1.98. The number of rotatable bonds is 5. The number of benzene rings is 2. The number of aliphatic carboxylic acids is 1. The summed E-state index contributed by atoms with van der Waals surface area (Å²) >= 11 is 0. The first-order chi connectivity index (χ1) is 12.8. The molecule has 27 heavy (non-hydrogen) atoms. The second-order valence-electron chi connectivity index (χ2n) is 7.65. The van der Waals surface area contributed by atoms with E-state index in [4.69, 9.17) is 5.11 Å². The van der Waals surface area contributed by atoms with Gasteiger partial charge in [-0.2, -0.15) is 0 Å². The smallest absolute Gasteiger partial charge is 0.317 e. The molecule has 2 aromatic rings. The third-order valence-corrected chi connectivity index (χ3v) is 4.19. The molecule has 0 aromatic heterocycles. The van der Waals surface area contributed by atoms with E-state index in [1.54, 1.807) is 11.9 Å². The van der Waals surface area contributed by atoms with Crippen molar-refractivity contribution in [2.75, 3.05) is 20.1 Å². The maximum absolute atomic E-state index is 10.8. The van der Waals surface area contributed by atoms with Crippen molar-refractivity contribution < 1.29 is 9.90 Å². The van der Waals surface area contributed by atoms with Gasteiger partial charge in [0.2, 0.25) is 0 Å². The summed E-state index contributed by atoms with van der Waals surface area (Å²) in [5.74, 6) is 5.65. The van der Waals surface area contributed by atoms with Crippen molar-refractivity contribution in [3.8, 4) is 11.8 Å². The molecule has 0 saturated carbocycles. The third-order valence-electron chi connectivity index (χ3n) is 4.19. The summed E-state index contributed by atoms with van der Waals surface area (Å²) in [6.45, 7) is 7.10. The molecule has 0 spiro atoms. The van der Waals surface area contributed by atoms with Crippen LogP contribution in [-0.2, 0) is 10.2 Å². The number of likely N-dealkylation sites (N-methyl/N-ethyl adjacent to an activating group) is 1. The monoisotopic (exact) mass is 361 g/mol. The highest BCUT2D eigenvalue weighted by atomic mass is 16.4. The van der Waals surface area contributed by atoms with E-state index in [1.165, 1.54) is 5.56 Å². The van der Waals surface area contributed by atoms with Crippen molar-refractivity contribution in [3.63, 3.8) is 0 Å². The Morgan fingerprint density at radius 1 is 1.07 bits per heavy atom. The van der Waals surface area contributed by atoms with Gasteiger partial charge in [-0.1, -0.05) is 81.2 Å². The molecular formula is C24H27NO2. The van der Waals surface area contributed by atoms with Crippen LogP contribution in [0.1, 0.15) is 37.5 Å². The van der Waals surface area contributed by atoms with Gasteiger partial charge >= 0.3 is 5.97 Å². The standard InChI is InChI=1S/C24H27NO2/c1-24(2,3)22-14-11-19(12-15-22)10-13-21(20-8-6-5-7-9-20)16-17-25(4)18-23(26)27/h5-9,11-12,14-16H,17-18H2,1-4H3,(H,26,27). The number of hydrogen-bond acceptors (Lipinski definition) is 2. The fraction of sp³-hybridized carbons (Fsp3) is 0.292. The van der Waals surface area contributed by atoms with Gasteiger partial charge < -0.3 is 5.11 Å². The molecule has 140 valence electrons. The van der Waals surface area contributed by atoms with E-state index in [9.17, 15) is 4.79 Å². The fourth-order valence-electron chi connectivity index (χ4n) is 2.59. The summed E-state index contributed by atoms with van der Waals surface area (Å²) in [6, 6.07) is 18.3. The molecule has 3 nitrogen and oxygen atoms in total. The summed E-state index contributed by atoms with van der Waals surface area (Å²) in [5.41, 5.74) is 4.29. The minimum atomic E-state index is -0.836. The molecule has 0 saturated heterocycles. The van der Waals surface area contributed by atoms with Crippen LogP contribution in [-0.4, -0.2) is 36.1 Å².